The molecule has 8 heteroatoms. The summed E-state index contributed by atoms with van der Waals surface area (Å²) in [5.41, 5.74) is 0.774. The Kier molecular flexibility index (Phi) is 10.4. The maximum absolute atomic E-state index is 13.4. The van der Waals surface area contributed by atoms with Gasteiger partial charge in [-0.3, -0.25) is 14.4 Å². The second kappa shape index (κ2) is 13.2. The van der Waals surface area contributed by atoms with Gasteiger partial charge in [0.05, 0.1) is 25.6 Å². The van der Waals surface area contributed by atoms with Crippen molar-refractivity contribution in [3.8, 4) is 0 Å². The third-order valence-electron chi connectivity index (χ3n) is 16.0. The van der Waals surface area contributed by atoms with Gasteiger partial charge in [-0.05, 0) is 128 Å². The van der Waals surface area contributed by atoms with Crippen molar-refractivity contribution >= 4 is 17.8 Å². The number of amides is 1. The first-order chi connectivity index (χ1) is 22.7. The number of allylic oxidation sites excluding steroid dienone is 1. The van der Waals surface area contributed by atoms with E-state index in [0.29, 0.717) is 36.0 Å². The monoisotopic (exact) mass is 685 g/mol. The minimum absolute atomic E-state index is 0.0125. The Bertz CT molecular complexity index is 1310. The smallest absolute Gasteiger partial charge is 0.306 e. The summed E-state index contributed by atoms with van der Waals surface area (Å²) in [7, 11) is 0. The van der Waals surface area contributed by atoms with E-state index in [-0.39, 0.29) is 71.0 Å². The van der Waals surface area contributed by atoms with Crippen molar-refractivity contribution in [2.24, 2.45) is 62.1 Å². The normalized spacial score (nSPS) is 41.7. The minimum Gasteiger partial charge on any atom is -0.481 e. The lowest BCUT2D eigenvalue weighted by Gasteiger charge is -2.73. The van der Waals surface area contributed by atoms with Crippen molar-refractivity contribution in [2.75, 3.05) is 13.2 Å². The van der Waals surface area contributed by atoms with Crippen LogP contribution >= 0.6 is 0 Å². The van der Waals surface area contributed by atoms with Crippen LogP contribution in [0.4, 0.5) is 0 Å². The summed E-state index contributed by atoms with van der Waals surface area (Å²) >= 11 is 0. The summed E-state index contributed by atoms with van der Waals surface area (Å²) < 4.78 is 6.25. The Morgan fingerprint density at radius 1 is 0.898 bits per heavy atom. The molecule has 5 saturated carbocycles. The lowest BCUT2D eigenvalue weighted by atomic mass is 9.32. The molecule has 0 radical (unpaired) electrons. The topological polar surface area (TPSA) is 133 Å². The van der Waals surface area contributed by atoms with Crippen molar-refractivity contribution in [3.63, 3.8) is 0 Å². The maximum atomic E-state index is 13.4. The predicted molar refractivity (Wildman–Crippen MR) is 190 cm³/mol. The maximum Gasteiger partial charge on any atom is 0.306 e. The Hall–Kier alpha value is -1.93. The number of carboxylic acids is 1. The number of esters is 1. The molecule has 8 nitrogen and oxygen atoms in total. The highest BCUT2D eigenvalue weighted by atomic mass is 16.5. The van der Waals surface area contributed by atoms with Crippen molar-refractivity contribution < 1.29 is 34.4 Å². The molecule has 5 fully saturated rings. The highest BCUT2D eigenvalue weighted by Crippen LogP contribution is 2.78. The molecule has 0 heterocycles. The summed E-state index contributed by atoms with van der Waals surface area (Å²) in [5.74, 6) is 1.14. The fraction of sp³-hybridized carbons (Fsp3) is 0.878. The highest BCUT2D eigenvalue weighted by molar-refractivity contribution is 5.77. The van der Waals surface area contributed by atoms with E-state index in [1.165, 1.54) is 12.0 Å². The number of hydrogen-bond acceptors (Lipinski definition) is 6. The molecular formula is C41H67NO7. The van der Waals surface area contributed by atoms with Crippen LogP contribution in [-0.4, -0.2) is 58.5 Å². The van der Waals surface area contributed by atoms with Gasteiger partial charge in [-0.1, -0.05) is 60.6 Å². The van der Waals surface area contributed by atoms with E-state index in [1.54, 1.807) is 0 Å². The van der Waals surface area contributed by atoms with Gasteiger partial charge in [0.2, 0.25) is 5.91 Å². The largest absolute Gasteiger partial charge is 0.481 e. The number of carbonyl (C=O) groups excluding carboxylic acids is 2. The zero-order valence-electron chi connectivity index (χ0n) is 31.8. The molecule has 1 unspecified atom stereocenters. The molecule has 0 aliphatic heterocycles. The van der Waals surface area contributed by atoms with Gasteiger partial charge < -0.3 is 25.4 Å². The van der Waals surface area contributed by atoms with E-state index < -0.39 is 17.5 Å². The SMILES string of the molecule is C=C(C)[C@@H]1CC[C@]2(CC(=O)NCC(O)CO)CC[C@]3(C)[C@H](CC[C@@H]4[C@@]5(C)CC[C@H](OC(=O)CC(C)(C)CC(=O)O)C(C)(C)[C@@H]5CC[C@]43C)[C@@H]12. The standard InChI is InChI=1S/C41H67NO7/c1-25(2)27-12-17-41(20-32(45)42-23-26(44)24-43)19-18-39(8)28(35(27)41)10-11-30-38(7)15-14-31(37(5,6)29(38)13-16-40(30,39)9)49-34(48)22-36(3,4)21-33(46)47/h26-31,35,43-44H,1,10-24H2,2-9H3,(H,42,45)(H,46,47)/t26?,27-,28+,29-,30+,31-,35+,38-,39+,40+,41+/m0/s1. The molecule has 4 N–H and O–H groups in total. The average molecular weight is 686 g/mol. The molecule has 1 amide bonds. The van der Waals surface area contributed by atoms with Crippen molar-refractivity contribution in [1.29, 1.82) is 0 Å². The number of nitrogens with one attached hydrogen (secondary N) is 1. The first-order valence-corrected chi connectivity index (χ1v) is 19.3. The van der Waals surface area contributed by atoms with Crippen LogP contribution in [0, 0.1) is 62.1 Å². The minimum atomic E-state index is -0.937. The van der Waals surface area contributed by atoms with Crippen LogP contribution in [0.2, 0.25) is 0 Å². The van der Waals surface area contributed by atoms with Crippen LogP contribution in [0.1, 0.15) is 139 Å². The van der Waals surface area contributed by atoms with Crippen LogP contribution in [0.3, 0.4) is 0 Å². The van der Waals surface area contributed by atoms with E-state index in [9.17, 15) is 29.7 Å². The predicted octanol–water partition coefficient (Wildman–Crippen LogP) is 7.31. The molecule has 5 aliphatic carbocycles. The van der Waals surface area contributed by atoms with Gasteiger partial charge in [0.1, 0.15) is 6.10 Å². The third-order valence-corrected chi connectivity index (χ3v) is 16.0. The lowest BCUT2D eigenvalue weighted by Crippen LogP contribution is -2.67. The molecule has 5 rings (SSSR count). The summed E-state index contributed by atoms with van der Waals surface area (Å²) in [6.07, 6.45) is 10.2. The van der Waals surface area contributed by atoms with Crippen molar-refractivity contribution in [2.45, 2.75) is 151 Å². The first kappa shape index (κ1) is 38.3. The molecule has 0 spiro atoms. The molecule has 0 aromatic carbocycles. The molecule has 0 aromatic heterocycles. The molecule has 11 atom stereocenters. The summed E-state index contributed by atoms with van der Waals surface area (Å²) in [6.45, 7) is 22.4. The van der Waals surface area contributed by atoms with E-state index in [0.717, 1.165) is 57.8 Å². The lowest BCUT2D eigenvalue weighted by molar-refractivity contribution is -0.250. The van der Waals surface area contributed by atoms with Crippen molar-refractivity contribution in [1.82, 2.24) is 5.32 Å². The number of carbonyl (C=O) groups is 3. The number of rotatable bonds is 11. The fourth-order valence-electron chi connectivity index (χ4n) is 13.5. The van der Waals surface area contributed by atoms with Gasteiger partial charge in [0.15, 0.2) is 0 Å². The van der Waals surface area contributed by atoms with Gasteiger partial charge in [-0.15, -0.1) is 0 Å². The van der Waals surface area contributed by atoms with Crippen LogP contribution in [0.5, 0.6) is 0 Å². The highest BCUT2D eigenvalue weighted by Gasteiger charge is 2.71. The number of aliphatic carboxylic acids is 1. The Labute approximate surface area is 295 Å². The molecule has 278 valence electrons. The number of carboxylic acid groups (broad SMARTS) is 1. The molecule has 0 saturated heterocycles. The van der Waals surface area contributed by atoms with Crippen LogP contribution in [0.15, 0.2) is 12.2 Å². The van der Waals surface area contributed by atoms with E-state index >= 15 is 0 Å². The third kappa shape index (κ3) is 6.53. The van der Waals surface area contributed by atoms with Gasteiger partial charge in [0.25, 0.3) is 0 Å². The van der Waals surface area contributed by atoms with Gasteiger partial charge in [-0.25, -0.2) is 0 Å². The number of aliphatic hydroxyl groups is 2. The Balaban J connectivity index is 1.37. The quantitative estimate of drug-likeness (QED) is 0.132. The summed E-state index contributed by atoms with van der Waals surface area (Å²) in [6, 6.07) is 0. The van der Waals surface area contributed by atoms with Crippen LogP contribution in [0.25, 0.3) is 0 Å². The van der Waals surface area contributed by atoms with E-state index in [2.05, 4.69) is 53.4 Å². The van der Waals surface area contributed by atoms with E-state index in [1.807, 2.05) is 13.8 Å². The number of aliphatic hydroxyl groups excluding tert-OH is 2. The number of fused-ring (bicyclic) bond motifs is 7. The Morgan fingerprint density at radius 3 is 2.22 bits per heavy atom. The Morgan fingerprint density at radius 2 is 1.59 bits per heavy atom. The number of ether oxygens (including phenoxy) is 1. The molecule has 5 aliphatic rings. The molecule has 0 aromatic rings. The molecular weight excluding hydrogens is 618 g/mol. The zero-order chi connectivity index (χ0) is 36.4. The second-order valence-electron chi connectivity index (χ2n) is 19.6. The van der Waals surface area contributed by atoms with Gasteiger partial charge >= 0.3 is 11.9 Å². The number of hydrogen-bond donors (Lipinski definition) is 4. The first-order valence-electron chi connectivity index (χ1n) is 19.3. The summed E-state index contributed by atoms with van der Waals surface area (Å²) in [5, 5.41) is 31.4. The average Bonchev–Trinajstić information content (AvgIpc) is 3.36. The van der Waals surface area contributed by atoms with Crippen LogP contribution < -0.4 is 5.32 Å². The van der Waals surface area contributed by atoms with Crippen molar-refractivity contribution in [3.05, 3.63) is 12.2 Å². The van der Waals surface area contributed by atoms with Gasteiger partial charge in [0, 0.05) is 18.4 Å². The van der Waals surface area contributed by atoms with E-state index in [4.69, 9.17) is 4.74 Å². The van der Waals surface area contributed by atoms with Crippen LogP contribution in [-0.2, 0) is 19.1 Å². The zero-order valence-corrected chi connectivity index (χ0v) is 31.8. The van der Waals surface area contributed by atoms with Gasteiger partial charge in [-0.2, -0.15) is 0 Å². The summed E-state index contributed by atoms with van der Waals surface area (Å²) in [4.78, 5) is 37.9. The second-order valence-corrected chi connectivity index (χ2v) is 19.6. The molecule has 49 heavy (non-hydrogen) atoms. The molecule has 0 bridgehead atoms. The fourth-order valence-corrected chi connectivity index (χ4v) is 13.5.